The number of nitrogens with one attached hydrogen (secondary N) is 1. The number of hydrogen-bond donors (Lipinski definition) is 1. The van der Waals surface area contributed by atoms with Crippen LogP contribution >= 0.6 is 0 Å². The van der Waals surface area contributed by atoms with Gasteiger partial charge >= 0.3 is 0 Å². The Balaban J connectivity index is 1.70. The molecule has 1 aromatic carbocycles. The highest BCUT2D eigenvalue weighted by atomic mass is 19.1. The van der Waals surface area contributed by atoms with Gasteiger partial charge in [-0.05, 0) is 22.8 Å². The molecule has 0 saturated carbocycles. The van der Waals surface area contributed by atoms with E-state index in [4.69, 9.17) is 4.74 Å². The van der Waals surface area contributed by atoms with Gasteiger partial charge in [0.25, 0.3) is 0 Å². The van der Waals surface area contributed by atoms with E-state index in [1.807, 2.05) is 16.7 Å². The molecule has 1 N–H and O–H groups in total. The molecular weight excluding hydrogens is 293 g/mol. The first-order valence-corrected chi connectivity index (χ1v) is 7.89. The van der Waals surface area contributed by atoms with Gasteiger partial charge in [0.05, 0.1) is 24.6 Å². The van der Waals surface area contributed by atoms with Gasteiger partial charge in [0.2, 0.25) is 0 Å². The summed E-state index contributed by atoms with van der Waals surface area (Å²) < 4.78 is 22.1. The van der Waals surface area contributed by atoms with Crippen LogP contribution in [0.1, 0.15) is 22.5 Å². The van der Waals surface area contributed by atoms with Gasteiger partial charge in [-0.2, -0.15) is 0 Å². The number of benzene rings is 1. The molecule has 0 bridgehead atoms. The van der Waals surface area contributed by atoms with Crippen LogP contribution in [0.4, 0.5) is 4.39 Å². The van der Waals surface area contributed by atoms with Gasteiger partial charge in [-0.25, -0.2) is 9.37 Å². The molecule has 0 spiro atoms. The number of imidazole rings is 1. The molecule has 0 aliphatic carbocycles. The minimum Gasteiger partial charge on any atom is -0.375 e. The summed E-state index contributed by atoms with van der Waals surface area (Å²) in [6.07, 6.45) is 2.65. The largest absolute Gasteiger partial charge is 0.375 e. The first kappa shape index (κ1) is 13.2. The predicted molar refractivity (Wildman–Crippen MR) is 84.5 cm³/mol. The van der Waals surface area contributed by atoms with Crippen molar-refractivity contribution in [2.24, 2.45) is 0 Å². The third-order valence-corrected chi connectivity index (χ3v) is 4.76. The molecule has 5 rings (SSSR count). The number of fused-ring (bicyclic) bond motifs is 4. The minimum atomic E-state index is -0.230. The van der Waals surface area contributed by atoms with Crippen molar-refractivity contribution in [3.63, 3.8) is 0 Å². The van der Waals surface area contributed by atoms with Gasteiger partial charge in [0, 0.05) is 37.3 Å². The Morgan fingerprint density at radius 1 is 1.17 bits per heavy atom. The van der Waals surface area contributed by atoms with E-state index in [1.54, 1.807) is 0 Å². The van der Waals surface area contributed by atoms with E-state index in [-0.39, 0.29) is 5.82 Å². The van der Waals surface area contributed by atoms with Crippen LogP contribution in [0.15, 0.2) is 30.5 Å². The summed E-state index contributed by atoms with van der Waals surface area (Å²) in [5.41, 5.74) is 6.77. The molecule has 23 heavy (non-hydrogen) atoms. The SMILES string of the molecule is Fc1cc2nc3c(n2cc1-c1ccc2c(c1)CNC2)COCC3. The molecule has 0 saturated heterocycles. The van der Waals surface area contributed by atoms with Crippen molar-refractivity contribution < 1.29 is 9.13 Å². The van der Waals surface area contributed by atoms with Gasteiger partial charge in [-0.3, -0.25) is 0 Å². The molecule has 0 amide bonds. The Bertz CT molecular complexity index is 932. The molecule has 2 aromatic heterocycles. The van der Waals surface area contributed by atoms with Crippen LogP contribution in [0.3, 0.4) is 0 Å². The molecule has 0 atom stereocenters. The Labute approximate surface area is 132 Å². The zero-order chi connectivity index (χ0) is 15.4. The molecule has 3 aromatic rings. The zero-order valence-corrected chi connectivity index (χ0v) is 12.6. The van der Waals surface area contributed by atoms with Gasteiger partial charge in [-0.15, -0.1) is 0 Å². The lowest BCUT2D eigenvalue weighted by Gasteiger charge is -2.12. The second kappa shape index (κ2) is 4.88. The number of hydrogen-bond acceptors (Lipinski definition) is 3. The van der Waals surface area contributed by atoms with E-state index in [0.29, 0.717) is 24.4 Å². The Morgan fingerprint density at radius 2 is 2.09 bits per heavy atom. The Morgan fingerprint density at radius 3 is 3.04 bits per heavy atom. The minimum absolute atomic E-state index is 0.230. The second-order valence-electron chi connectivity index (χ2n) is 6.16. The topological polar surface area (TPSA) is 38.6 Å². The van der Waals surface area contributed by atoms with Crippen LogP contribution in [0, 0.1) is 5.82 Å². The fourth-order valence-corrected chi connectivity index (χ4v) is 3.53. The van der Waals surface area contributed by atoms with Crippen molar-refractivity contribution in [2.75, 3.05) is 6.61 Å². The summed E-state index contributed by atoms with van der Waals surface area (Å²) in [4.78, 5) is 4.54. The highest BCUT2D eigenvalue weighted by Gasteiger charge is 2.19. The summed E-state index contributed by atoms with van der Waals surface area (Å²) in [5.74, 6) is -0.230. The zero-order valence-electron chi connectivity index (χ0n) is 12.6. The highest BCUT2D eigenvalue weighted by molar-refractivity contribution is 5.67. The van der Waals surface area contributed by atoms with Gasteiger partial charge in [-0.1, -0.05) is 12.1 Å². The monoisotopic (exact) mass is 309 g/mol. The molecule has 0 unspecified atom stereocenters. The van der Waals surface area contributed by atoms with Crippen molar-refractivity contribution >= 4 is 5.65 Å². The fraction of sp³-hybridized carbons (Fsp3) is 0.278. The lowest BCUT2D eigenvalue weighted by molar-refractivity contribution is 0.106. The van der Waals surface area contributed by atoms with Gasteiger partial charge in [0.15, 0.2) is 0 Å². The van der Waals surface area contributed by atoms with E-state index in [1.165, 1.54) is 17.2 Å². The smallest absolute Gasteiger partial charge is 0.140 e. The molecule has 0 radical (unpaired) electrons. The van der Waals surface area contributed by atoms with Crippen molar-refractivity contribution in [2.45, 2.75) is 26.1 Å². The average Bonchev–Trinajstić information content (AvgIpc) is 3.16. The standard InChI is InChI=1S/C18H16FN3O/c19-15-6-18-21-16-3-4-23-10-17(16)22(18)9-14(15)11-1-2-12-7-20-8-13(12)5-11/h1-2,5-6,9,20H,3-4,7-8,10H2. The molecule has 4 nitrogen and oxygen atoms in total. The Hall–Kier alpha value is -2.24. The second-order valence-corrected chi connectivity index (χ2v) is 6.16. The highest BCUT2D eigenvalue weighted by Crippen LogP contribution is 2.29. The van der Waals surface area contributed by atoms with Gasteiger partial charge in [0.1, 0.15) is 11.5 Å². The molecule has 2 aliphatic heterocycles. The van der Waals surface area contributed by atoms with Gasteiger partial charge < -0.3 is 14.5 Å². The van der Waals surface area contributed by atoms with Crippen molar-refractivity contribution in [1.82, 2.24) is 14.7 Å². The third kappa shape index (κ3) is 2.00. The fourth-order valence-electron chi connectivity index (χ4n) is 3.53. The third-order valence-electron chi connectivity index (χ3n) is 4.76. The quantitative estimate of drug-likeness (QED) is 0.751. The number of nitrogens with zero attached hydrogens (tertiary/aromatic N) is 2. The van der Waals surface area contributed by atoms with Crippen molar-refractivity contribution in [3.8, 4) is 11.1 Å². The number of pyridine rings is 1. The molecule has 5 heteroatoms. The van der Waals surface area contributed by atoms with Crippen LogP contribution in [0.5, 0.6) is 0 Å². The molecule has 2 aliphatic rings. The molecule has 0 fully saturated rings. The first-order valence-electron chi connectivity index (χ1n) is 7.89. The van der Waals surface area contributed by atoms with Crippen LogP contribution in [0.2, 0.25) is 0 Å². The maximum Gasteiger partial charge on any atom is 0.140 e. The normalized spacial score (nSPS) is 16.6. The average molecular weight is 309 g/mol. The predicted octanol–water partition coefficient (Wildman–Crippen LogP) is 2.82. The molecule has 116 valence electrons. The van der Waals surface area contributed by atoms with E-state index in [9.17, 15) is 4.39 Å². The van der Waals surface area contributed by atoms with Crippen LogP contribution in [0.25, 0.3) is 16.8 Å². The molecule has 4 heterocycles. The summed E-state index contributed by atoms with van der Waals surface area (Å²) >= 11 is 0. The van der Waals surface area contributed by atoms with Crippen LogP contribution in [-0.2, 0) is 30.9 Å². The lowest BCUT2D eigenvalue weighted by Crippen LogP contribution is -2.10. The van der Waals surface area contributed by atoms with Crippen LogP contribution in [-0.4, -0.2) is 16.0 Å². The number of rotatable bonds is 1. The van der Waals surface area contributed by atoms with E-state index in [2.05, 4.69) is 22.4 Å². The Kier molecular flexibility index (Phi) is 2.80. The maximum absolute atomic E-state index is 14.6. The molecular formula is C18H16FN3O. The van der Waals surface area contributed by atoms with E-state index in [0.717, 1.165) is 36.5 Å². The number of aromatic nitrogens is 2. The lowest BCUT2D eigenvalue weighted by atomic mass is 10.0. The maximum atomic E-state index is 14.6. The number of ether oxygens (including phenoxy) is 1. The van der Waals surface area contributed by atoms with Crippen molar-refractivity contribution in [1.29, 1.82) is 0 Å². The van der Waals surface area contributed by atoms with Crippen molar-refractivity contribution in [3.05, 3.63) is 58.8 Å². The summed E-state index contributed by atoms with van der Waals surface area (Å²) in [6.45, 7) is 2.96. The first-order chi connectivity index (χ1) is 11.3. The number of halogens is 1. The summed E-state index contributed by atoms with van der Waals surface area (Å²) in [5, 5.41) is 3.32. The summed E-state index contributed by atoms with van der Waals surface area (Å²) in [6, 6.07) is 7.69. The summed E-state index contributed by atoms with van der Waals surface area (Å²) in [7, 11) is 0. The van der Waals surface area contributed by atoms with Crippen LogP contribution < -0.4 is 5.32 Å². The van der Waals surface area contributed by atoms with E-state index >= 15 is 0 Å². The van der Waals surface area contributed by atoms with E-state index < -0.39 is 0 Å².